The third kappa shape index (κ3) is 5.96. The van der Waals surface area contributed by atoms with E-state index >= 15 is 0 Å². The highest BCUT2D eigenvalue weighted by atomic mass is 28.3. The van der Waals surface area contributed by atoms with Gasteiger partial charge < -0.3 is 0 Å². The first-order chi connectivity index (χ1) is 3.06. The highest BCUT2D eigenvalue weighted by molar-refractivity contribution is 6.80. The van der Waals surface area contributed by atoms with Crippen LogP contribution in [0.2, 0.25) is 19.6 Å². The molecule has 0 fully saturated rings. The van der Waals surface area contributed by atoms with Crippen molar-refractivity contribution in [2.24, 2.45) is 0 Å². The summed E-state index contributed by atoms with van der Waals surface area (Å²) in [4.78, 5) is 0. The van der Waals surface area contributed by atoms with E-state index in [1.807, 2.05) is 6.08 Å². The van der Waals surface area contributed by atoms with Gasteiger partial charge in [0, 0.05) is 0 Å². The second kappa shape index (κ2) is 2.31. The number of rotatable bonds is 2. The molecule has 0 aliphatic rings. The maximum absolute atomic E-state index is 3.63. The van der Waals surface area contributed by atoms with Crippen LogP contribution in [-0.4, -0.2) is 8.07 Å². The Balaban J connectivity index is 3.34. The number of hydrogen-bond acceptors (Lipinski definition) is 0. The van der Waals surface area contributed by atoms with Gasteiger partial charge in [-0.2, -0.15) is 0 Å². The Labute approximate surface area is 47.3 Å². The van der Waals surface area contributed by atoms with Crippen molar-refractivity contribution in [1.82, 2.24) is 0 Å². The molecule has 41 valence electrons. The van der Waals surface area contributed by atoms with Crippen molar-refractivity contribution < 1.29 is 0 Å². The quantitative estimate of drug-likeness (QED) is 0.482. The molecule has 0 amide bonds. The third-order valence-corrected chi connectivity index (χ3v) is 1.85. The van der Waals surface area contributed by atoms with Gasteiger partial charge in [-0.25, -0.2) is 0 Å². The molecular formula is C6H13Si. The van der Waals surface area contributed by atoms with Gasteiger partial charge >= 0.3 is 0 Å². The summed E-state index contributed by atoms with van der Waals surface area (Å²) in [5.74, 6) is 0. The van der Waals surface area contributed by atoms with E-state index in [0.29, 0.717) is 0 Å². The first kappa shape index (κ1) is 6.96. The number of hydrogen-bond donors (Lipinski definition) is 0. The molecule has 0 aromatic rings. The Kier molecular flexibility index (Phi) is 2.30. The van der Waals surface area contributed by atoms with Gasteiger partial charge in [0.1, 0.15) is 0 Å². The second-order valence-electron chi connectivity index (χ2n) is 2.77. The van der Waals surface area contributed by atoms with Crippen LogP contribution in [0, 0.1) is 6.04 Å². The van der Waals surface area contributed by atoms with Crippen LogP contribution >= 0.6 is 0 Å². The van der Waals surface area contributed by atoms with E-state index < -0.39 is 8.07 Å². The van der Waals surface area contributed by atoms with Crippen LogP contribution in [0.3, 0.4) is 0 Å². The van der Waals surface area contributed by atoms with Crippen molar-refractivity contribution in [3.63, 3.8) is 0 Å². The standard InChI is InChI=1S/C6H13Si/c1-5-6-7(2,3)4/h5-6H,1H2,2-4H3. The van der Waals surface area contributed by atoms with Crippen molar-refractivity contribution in [3.8, 4) is 0 Å². The summed E-state index contributed by atoms with van der Waals surface area (Å²) in [5, 5.41) is 0. The fourth-order valence-electron chi connectivity index (χ4n) is 0.354. The molecule has 0 nitrogen and oxygen atoms in total. The van der Waals surface area contributed by atoms with Gasteiger partial charge in [0.05, 0.1) is 8.07 Å². The topological polar surface area (TPSA) is 0 Å². The molecule has 0 saturated carbocycles. The highest BCUT2D eigenvalue weighted by Gasteiger charge is 2.08. The number of allylic oxidation sites excluding steroid dienone is 1. The Morgan fingerprint density at radius 1 is 1.29 bits per heavy atom. The van der Waals surface area contributed by atoms with Gasteiger partial charge in [0.15, 0.2) is 0 Å². The van der Waals surface area contributed by atoms with Crippen LogP contribution in [0.5, 0.6) is 0 Å². The van der Waals surface area contributed by atoms with E-state index in [9.17, 15) is 0 Å². The molecule has 0 atom stereocenters. The van der Waals surface area contributed by atoms with Crippen molar-refractivity contribution >= 4 is 8.07 Å². The molecule has 0 saturated heterocycles. The zero-order chi connectivity index (χ0) is 5.91. The monoisotopic (exact) mass is 113 g/mol. The van der Waals surface area contributed by atoms with Gasteiger partial charge in [-0.05, 0) is 6.04 Å². The molecule has 0 aromatic carbocycles. The average Bonchev–Trinajstić information content (AvgIpc) is 1.30. The SMILES string of the molecule is C=C[CH][Si](C)(C)C. The fourth-order valence-corrected chi connectivity index (χ4v) is 1.06. The van der Waals surface area contributed by atoms with Crippen molar-refractivity contribution in [2.45, 2.75) is 19.6 Å². The molecule has 0 N–H and O–H groups in total. The predicted molar refractivity (Wildman–Crippen MR) is 37.8 cm³/mol. The zero-order valence-electron chi connectivity index (χ0n) is 5.36. The molecule has 1 heteroatoms. The second-order valence-corrected chi connectivity index (χ2v) is 7.83. The van der Waals surface area contributed by atoms with Gasteiger partial charge in [-0.15, -0.1) is 6.58 Å². The molecule has 0 heterocycles. The summed E-state index contributed by atoms with van der Waals surface area (Å²) in [6, 6.07) is 2.22. The molecule has 0 aliphatic heterocycles. The summed E-state index contributed by atoms with van der Waals surface area (Å²) in [6.45, 7) is 10.5. The molecule has 0 aliphatic carbocycles. The lowest BCUT2D eigenvalue weighted by Crippen LogP contribution is -2.19. The molecule has 0 bridgehead atoms. The van der Waals surface area contributed by atoms with Gasteiger partial charge in [-0.3, -0.25) is 0 Å². The third-order valence-electron chi connectivity index (χ3n) is 0.618. The molecule has 0 rings (SSSR count). The minimum atomic E-state index is -0.900. The lowest BCUT2D eigenvalue weighted by Gasteiger charge is -2.09. The van der Waals surface area contributed by atoms with Gasteiger partial charge in [0.2, 0.25) is 0 Å². The van der Waals surface area contributed by atoms with Crippen LogP contribution in [-0.2, 0) is 0 Å². The largest absolute Gasteiger partial charge is 0.103 e. The molecule has 7 heavy (non-hydrogen) atoms. The van der Waals surface area contributed by atoms with Crippen LogP contribution in [0.15, 0.2) is 12.7 Å². The molecule has 1 radical (unpaired) electrons. The Bertz CT molecular complexity index is 59.1. The van der Waals surface area contributed by atoms with E-state index in [2.05, 4.69) is 32.3 Å². The first-order valence-corrected chi connectivity index (χ1v) is 6.11. The molecule has 0 spiro atoms. The van der Waals surface area contributed by atoms with E-state index in [4.69, 9.17) is 0 Å². The van der Waals surface area contributed by atoms with Crippen LogP contribution in [0.25, 0.3) is 0 Å². The lowest BCUT2D eigenvalue weighted by molar-refractivity contribution is 1.69. The minimum absolute atomic E-state index is 0.900. The van der Waals surface area contributed by atoms with Crippen LogP contribution in [0.1, 0.15) is 0 Å². The average molecular weight is 113 g/mol. The summed E-state index contributed by atoms with van der Waals surface area (Å²) >= 11 is 0. The van der Waals surface area contributed by atoms with Gasteiger partial charge in [-0.1, -0.05) is 25.7 Å². The normalized spacial score (nSPS) is 11.3. The zero-order valence-corrected chi connectivity index (χ0v) is 6.36. The van der Waals surface area contributed by atoms with E-state index in [1.165, 1.54) is 0 Å². The summed E-state index contributed by atoms with van der Waals surface area (Å²) < 4.78 is 0. The lowest BCUT2D eigenvalue weighted by atomic mass is 10.8. The van der Waals surface area contributed by atoms with E-state index in [-0.39, 0.29) is 0 Å². The van der Waals surface area contributed by atoms with Crippen molar-refractivity contribution in [3.05, 3.63) is 18.7 Å². The Hall–Kier alpha value is -0.0431. The van der Waals surface area contributed by atoms with Crippen LogP contribution in [0.4, 0.5) is 0 Å². The van der Waals surface area contributed by atoms with Crippen molar-refractivity contribution in [2.75, 3.05) is 0 Å². The predicted octanol–water partition coefficient (Wildman–Crippen LogP) is 2.25. The smallest absolute Gasteiger partial charge is 0.0517 e. The van der Waals surface area contributed by atoms with E-state index in [1.54, 1.807) is 0 Å². The summed E-state index contributed by atoms with van der Waals surface area (Å²) in [7, 11) is -0.900. The Morgan fingerprint density at radius 3 is 1.71 bits per heavy atom. The van der Waals surface area contributed by atoms with Gasteiger partial charge in [0.25, 0.3) is 0 Å². The Morgan fingerprint density at radius 2 is 1.71 bits per heavy atom. The molecule has 0 unspecified atom stereocenters. The highest BCUT2D eigenvalue weighted by Crippen LogP contribution is 2.03. The van der Waals surface area contributed by atoms with Crippen LogP contribution < -0.4 is 0 Å². The van der Waals surface area contributed by atoms with Crippen molar-refractivity contribution in [1.29, 1.82) is 0 Å². The first-order valence-electron chi connectivity index (χ1n) is 2.53. The summed E-state index contributed by atoms with van der Waals surface area (Å²) in [5.41, 5.74) is 0. The maximum atomic E-state index is 3.63. The minimum Gasteiger partial charge on any atom is -0.103 e. The molecule has 0 aromatic heterocycles. The van der Waals surface area contributed by atoms with E-state index in [0.717, 1.165) is 0 Å². The maximum Gasteiger partial charge on any atom is 0.0517 e. The molecular weight excluding hydrogens is 100 g/mol. The summed E-state index contributed by atoms with van der Waals surface area (Å²) in [6.07, 6.45) is 1.90. The fraction of sp³-hybridized carbons (Fsp3) is 0.500.